The number of benzene rings is 1. The van der Waals surface area contributed by atoms with Crippen molar-refractivity contribution in [3.8, 4) is 5.75 Å². The second kappa shape index (κ2) is 9.28. The van der Waals surface area contributed by atoms with Crippen molar-refractivity contribution < 1.29 is 19.4 Å². The number of hydrogen-bond donors (Lipinski definition) is 1. The van der Waals surface area contributed by atoms with E-state index in [9.17, 15) is 9.59 Å². The highest BCUT2D eigenvalue weighted by atomic mass is 32.2. The zero-order chi connectivity index (χ0) is 15.7. The molecule has 1 amide bonds. The van der Waals surface area contributed by atoms with E-state index in [2.05, 4.69) is 0 Å². The third kappa shape index (κ3) is 7.04. The van der Waals surface area contributed by atoms with Crippen molar-refractivity contribution in [3.05, 3.63) is 24.3 Å². The van der Waals surface area contributed by atoms with E-state index in [1.54, 1.807) is 11.9 Å². The summed E-state index contributed by atoms with van der Waals surface area (Å²) in [6.07, 6.45) is 0.564. The standard InChI is InChI=1S/C15H21NO4S/c1-3-20-12-6-8-13(9-7-12)21-11-14(17)16(2)10-4-5-15(18)19/h6-9H,3-5,10-11H2,1-2H3,(H,18,19). The fourth-order valence-electron chi connectivity index (χ4n) is 1.65. The fourth-order valence-corrected chi connectivity index (χ4v) is 2.49. The Labute approximate surface area is 129 Å². The molecule has 0 bridgehead atoms. The average molecular weight is 311 g/mol. The zero-order valence-electron chi connectivity index (χ0n) is 12.4. The van der Waals surface area contributed by atoms with Gasteiger partial charge in [-0.15, -0.1) is 11.8 Å². The van der Waals surface area contributed by atoms with Gasteiger partial charge in [0.2, 0.25) is 5.91 Å². The molecule has 0 saturated carbocycles. The van der Waals surface area contributed by atoms with Crippen molar-refractivity contribution in [1.82, 2.24) is 4.90 Å². The van der Waals surface area contributed by atoms with E-state index in [4.69, 9.17) is 9.84 Å². The van der Waals surface area contributed by atoms with Crippen LogP contribution >= 0.6 is 11.8 Å². The number of carboxylic acid groups (broad SMARTS) is 1. The van der Waals surface area contributed by atoms with E-state index in [1.165, 1.54) is 11.8 Å². The van der Waals surface area contributed by atoms with Crippen LogP contribution in [0.3, 0.4) is 0 Å². The van der Waals surface area contributed by atoms with E-state index in [-0.39, 0.29) is 12.3 Å². The first-order chi connectivity index (χ1) is 10.0. The lowest BCUT2D eigenvalue weighted by atomic mass is 10.3. The van der Waals surface area contributed by atoms with Gasteiger partial charge < -0.3 is 14.7 Å². The van der Waals surface area contributed by atoms with Gasteiger partial charge in [-0.25, -0.2) is 0 Å². The van der Waals surface area contributed by atoms with Crippen molar-refractivity contribution >= 4 is 23.6 Å². The van der Waals surface area contributed by atoms with E-state index in [0.717, 1.165) is 10.6 Å². The SMILES string of the molecule is CCOc1ccc(SCC(=O)N(C)CCCC(=O)O)cc1. The minimum atomic E-state index is -0.834. The average Bonchev–Trinajstić information content (AvgIpc) is 2.46. The number of aliphatic carboxylic acids is 1. The zero-order valence-corrected chi connectivity index (χ0v) is 13.2. The molecule has 1 N–H and O–H groups in total. The van der Waals surface area contributed by atoms with Crippen LogP contribution < -0.4 is 4.74 Å². The van der Waals surface area contributed by atoms with Gasteiger partial charge in [0.05, 0.1) is 12.4 Å². The van der Waals surface area contributed by atoms with Gasteiger partial charge in [0.1, 0.15) is 5.75 Å². The highest BCUT2D eigenvalue weighted by Gasteiger charge is 2.09. The first kappa shape index (κ1) is 17.4. The fraction of sp³-hybridized carbons (Fsp3) is 0.467. The molecule has 0 radical (unpaired) electrons. The molecule has 1 aromatic carbocycles. The normalized spacial score (nSPS) is 10.2. The minimum absolute atomic E-state index is 0.000673. The monoisotopic (exact) mass is 311 g/mol. The Hall–Kier alpha value is -1.69. The van der Waals surface area contributed by atoms with Gasteiger partial charge in [-0.1, -0.05) is 0 Å². The molecule has 0 saturated heterocycles. The third-order valence-corrected chi connectivity index (χ3v) is 3.80. The highest BCUT2D eigenvalue weighted by Crippen LogP contribution is 2.21. The second-order valence-electron chi connectivity index (χ2n) is 4.51. The molecule has 5 nitrogen and oxygen atoms in total. The highest BCUT2D eigenvalue weighted by molar-refractivity contribution is 8.00. The lowest BCUT2D eigenvalue weighted by Gasteiger charge is -2.16. The Bertz CT molecular complexity index is 461. The van der Waals surface area contributed by atoms with Gasteiger partial charge >= 0.3 is 5.97 Å². The number of ether oxygens (including phenoxy) is 1. The largest absolute Gasteiger partial charge is 0.494 e. The summed E-state index contributed by atoms with van der Waals surface area (Å²) in [5.41, 5.74) is 0. The lowest BCUT2D eigenvalue weighted by Crippen LogP contribution is -2.29. The first-order valence-corrected chi connectivity index (χ1v) is 7.83. The van der Waals surface area contributed by atoms with Gasteiger partial charge in [-0.2, -0.15) is 0 Å². The summed E-state index contributed by atoms with van der Waals surface area (Å²) in [5.74, 6) is 0.329. The number of thioether (sulfide) groups is 1. The number of rotatable bonds is 9. The van der Waals surface area contributed by atoms with E-state index in [0.29, 0.717) is 25.3 Å². The molecule has 0 aromatic heterocycles. The van der Waals surface area contributed by atoms with Gasteiger partial charge in [-0.05, 0) is 37.6 Å². The van der Waals surface area contributed by atoms with E-state index < -0.39 is 5.97 Å². The third-order valence-electron chi connectivity index (χ3n) is 2.81. The van der Waals surface area contributed by atoms with Crippen LogP contribution in [0.2, 0.25) is 0 Å². The van der Waals surface area contributed by atoms with Gasteiger partial charge in [-0.3, -0.25) is 9.59 Å². The summed E-state index contributed by atoms with van der Waals surface area (Å²) in [7, 11) is 1.70. The lowest BCUT2D eigenvalue weighted by molar-refractivity contribution is -0.137. The van der Waals surface area contributed by atoms with Crippen LogP contribution in [0.1, 0.15) is 19.8 Å². The van der Waals surface area contributed by atoms with E-state index >= 15 is 0 Å². The van der Waals surface area contributed by atoms with Crippen molar-refractivity contribution in [2.24, 2.45) is 0 Å². The predicted octanol–water partition coefficient (Wildman–Crippen LogP) is 2.50. The Morgan fingerprint density at radius 3 is 2.52 bits per heavy atom. The smallest absolute Gasteiger partial charge is 0.303 e. The molecule has 0 aliphatic carbocycles. The summed E-state index contributed by atoms with van der Waals surface area (Å²) >= 11 is 1.46. The molecule has 0 aliphatic rings. The molecule has 0 spiro atoms. The van der Waals surface area contributed by atoms with Crippen LogP contribution in [0.25, 0.3) is 0 Å². The van der Waals surface area contributed by atoms with Crippen LogP contribution in [-0.4, -0.2) is 47.8 Å². The number of hydrogen-bond acceptors (Lipinski definition) is 4. The molecule has 0 unspecified atom stereocenters. The molecule has 0 fully saturated rings. The van der Waals surface area contributed by atoms with Crippen LogP contribution in [0, 0.1) is 0 Å². The van der Waals surface area contributed by atoms with Crippen LogP contribution in [0.5, 0.6) is 5.75 Å². The van der Waals surface area contributed by atoms with Gasteiger partial charge in [0, 0.05) is 24.9 Å². The van der Waals surface area contributed by atoms with E-state index in [1.807, 2.05) is 31.2 Å². The maximum atomic E-state index is 11.9. The van der Waals surface area contributed by atoms with Crippen molar-refractivity contribution in [1.29, 1.82) is 0 Å². The molecule has 0 heterocycles. The van der Waals surface area contributed by atoms with Crippen molar-refractivity contribution in [3.63, 3.8) is 0 Å². The van der Waals surface area contributed by atoms with Gasteiger partial charge in [0.15, 0.2) is 0 Å². The molecule has 0 aliphatic heterocycles. The summed E-state index contributed by atoms with van der Waals surface area (Å²) in [6, 6.07) is 7.61. The van der Waals surface area contributed by atoms with Crippen LogP contribution in [0.15, 0.2) is 29.2 Å². The van der Waals surface area contributed by atoms with Crippen molar-refractivity contribution in [2.75, 3.05) is 26.0 Å². The molecule has 1 rings (SSSR count). The molecule has 0 atom stereocenters. The quantitative estimate of drug-likeness (QED) is 0.710. The molecular weight excluding hydrogens is 290 g/mol. The Balaban J connectivity index is 2.32. The number of carbonyl (C=O) groups excluding carboxylic acids is 1. The maximum Gasteiger partial charge on any atom is 0.303 e. The maximum absolute atomic E-state index is 11.9. The minimum Gasteiger partial charge on any atom is -0.494 e. The number of amides is 1. The number of carboxylic acids is 1. The summed E-state index contributed by atoms with van der Waals surface area (Å²) < 4.78 is 5.36. The predicted molar refractivity (Wildman–Crippen MR) is 82.8 cm³/mol. The van der Waals surface area contributed by atoms with Crippen LogP contribution in [-0.2, 0) is 9.59 Å². The van der Waals surface area contributed by atoms with Gasteiger partial charge in [0.25, 0.3) is 0 Å². The molecule has 6 heteroatoms. The Morgan fingerprint density at radius 2 is 1.95 bits per heavy atom. The second-order valence-corrected chi connectivity index (χ2v) is 5.55. The molecular formula is C15H21NO4S. The number of carbonyl (C=O) groups is 2. The van der Waals surface area contributed by atoms with Crippen LogP contribution in [0.4, 0.5) is 0 Å². The molecule has 1 aromatic rings. The molecule has 116 valence electrons. The number of nitrogens with zero attached hydrogens (tertiary/aromatic N) is 1. The summed E-state index contributed by atoms with van der Waals surface area (Å²) in [6.45, 7) is 3.03. The topological polar surface area (TPSA) is 66.8 Å². The summed E-state index contributed by atoms with van der Waals surface area (Å²) in [5, 5.41) is 8.56. The Morgan fingerprint density at radius 1 is 1.29 bits per heavy atom. The first-order valence-electron chi connectivity index (χ1n) is 6.84. The Kier molecular flexibility index (Phi) is 7.68. The molecule has 21 heavy (non-hydrogen) atoms. The van der Waals surface area contributed by atoms with Crippen molar-refractivity contribution in [2.45, 2.75) is 24.7 Å². The summed E-state index contributed by atoms with van der Waals surface area (Å²) in [4.78, 5) is 24.9.